The van der Waals surface area contributed by atoms with Crippen LogP contribution in [-0.2, 0) is 9.59 Å². The summed E-state index contributed by atoms with van der Waals surface area (Å²) in [5.41, 5.74) is 7.39. The van der Waals surface area contributed by atoms with E-state index >= 15 is 0 Å². The fourth-order valence-corrected chi connectivity index (χ4v) is 7.44. The molecule has 3 aliphatic heterocycles. The minimum Gasteiger partial charge on any atom is -0.330 e. The normalized spacial score (nSPS) is 34.1. The number of nitriles is 1. The maximum absolute atomic E-state index is 13.7. The Morgan fingerprint density at radius 2 is 1.89 bits per heavy atom. The number of carbonyl (C=O) groups excluding carboxylic acids is 2. The molecule has 35 heavy (non-hydrogen) atoms. The van der Waals surface area contributed by atoms with Gasteiger partial charge >= 0.3 is 0 Å². The largest absolute Gasteiger partial charge is 0.330 e. The van der Waals surface area contributed by atoms with Crippen LogP contribution in [0.3, 0.4) is 0 Å². The molecule has 5 aliphatic rings. The van der Waals surface area contributed by atoms with Gasteiger partial charge < -0.3 is 15.5 Å². The third kappa shape index (κ3) is 3.93. The highest BCUT2D eigenvalue weighted by Crippen LogP contribution is 2.48. The third-order valence-electron chi connectivity index (χ3n) is 9.18. The summed E-state index contributed by atoms with van der Waals surface area (Å²) in [5, 5.41) is 9.44. The maximum Gasteiger partial charge on any atom is 0.242 e. The van der Waals surface area contributed by atoms with Crippen molar-refractivity contribution in [2.45, 2.75) is 87.6 Å². The fraction of sp³-hybridized carbons (Fsp3) is 0.667. The molecule has 0 spiro atoms. The van der Waals surface area contributed by atoms with Gasteiger partial charge in [0.1, 0.15) is 11.9 Å². The number of rotatable bonds is 6. The Morgan fingerprint density at radius 1 is 1.14 bits per heavy atom. The molecule has 2 bridgehead atoms. The zero-order valence-corrected chi connectivity index (χ0v) is 20.1. The molecular formula is C27H34FN5O2. The quantitative estimate of drug-likeness (QED) is 0.677. The number of halogens is 1. The molecule has 0 unspecified atom stereocenters. The minimum atomic E-state index is -0.725. The van der Waals surface area contributed by atoms with E-state index in [4.69, 9.17) is 5.73 Å². The van der Waals surface area contributed by atoms with E-state index in [0.29, 0.717) is 24.9 Å². The van der Waals surface area contributed by atoms with Crippen LogP contribution in [-0.4, -0.2) is 69.8 Å². The first-order chi connectivity index (χ1) is 17.0. The number of hydrogen-bond acceptors (Lipinski definition) is 5. The minimum absolute atomic E-state index is 0.0244. The lowest BCUT2D eigenvalue weighted by molar-refractivity contribution is -0.143. The fourth-order valence-electron chi connectivity index (χ4n) is 7.44. The standard InChI is InChI=1S/C27H34FN5O2/c28-19-8-6-17(7-9-19)25(16-4-2-1-3-5-16)33-21-12-24(27(33)35)31(14-21)15-22(30)26(34)32-20(13-29)10-18-11-23(18)32/h6-9,16,18,20-25H,1-5,10-12,14-15,30H2/t18-,20+,21+,22+,23+,24+,25-/m1/s1. The lowest BCUT2D eigenvalue weighted by atomic mass is 9.80. The summed E-state index contributed by atoms with van der Waals surface area (Å²) in [4.78, 5) is 32.7. The predicted octanol–water partition coefficient (Wildman–Crippen LogP) is 2.57. The van der Waals surface area contributed by atoms with Crippen LogP contribution in [0.1, 0.15) is 63.0 Å². The van der Waals surface area contributed by atoms with Crippen LogP contribution in [0.2, 0.25) is 0 Å². The Bertz CT molecular complexity index is 1040. The maximum atomic E-state index is 13.7. The van der Waals surface area contributed by atoms with E-state index in [-0.39, 0.29) is 47.8 Å². The number of piperidine rings is 1. The number of nitrogens with two attached hydrogens (primary N) is 1. The average Bonchev–Trinajstić information content (AvgIpc) is 3.19. The molecule has 7 atom stereocenters. The van der Waals surface area contributed by atoms with Crippen LogP contribution < -0.4 is 5.73 Å². The number of piperazine rings is 1. The van der Waals surface area contributed by atoms with Crippen molar-refractivity contribution in [1.82, 2.24) is 14.7 Å². The second-order valence-corrected chi connectivity index (χ2v) is 11.3. The molecule has 0 aromatic heterocycles. The first kappa shape index (κ1) is 22.9. The van der Waals surface area contributed by atoms with Crippen molar-refractivity contribution in [3.63, 3.8) is 0 Å². The van der Waals surface area contributed by atoms with Gasteiger partial charge in [-0.05, 0) is 61.6 Å². The van der Waals surface area contributed by atoms with Crippen molar-refractivity contribution >= 4 is 11.8 Å². The van der Waals surface area contributed by atoms with Crippen LogP contribution in [0.15, 0.2) is 24.3 Å². The van der Waals surface area contributed by atoms with Gasteiger partial charge in [-0.15, -0.1) is 0 Å². The molecule has 5 fully saturated rings. The summed E-state index contributed by atoms with van der Waals surface area (Å²) in [6, 6.07) is 7.82. The van der Waals surface area contributed by atoms with Crippen LogP contribution in [0, 0.1) is 29.0 Å². The lowest BCUT2D eigenvalue weighted by Crippen LogP contribution is -2.57. The van der Waals surface area contributed by atoms with Gasteiger partial charge in [0.2, 0.25) is 11.8 Å². The molecule has 6 rings (SSSR count). The predicted molar refractivity (Wildman–Crippen MR) is 127 cm³/mol. The number of fused-ring (bicyclic) bond motifs is 3. The van der Waals surface area contributed by atoms with Crippen LogP contribution in [0.5, 0.6) is 0 Å². The van der Waals surface area contributed by atoms with E-state index in [9.17, 15) is 19.2 Å². The van der Waals surface area contributed by atoms with Gasteiger partial charge in [0.25, 0.3) is 0 Å². The molecule has 1 aromatic rings. The zero-order valence-electron chi connectivity index (χ0n) is 20.1. The van der Waals surface area contributed by atoms with Crippen LogP contribution >= 0.6 is 0 Å². The Hall–Kier alpha value is -2.50. The van der Waals surface area contributed by atoms with Gasteiger partial charge in [0, 0.05) is 25.2 Å². The number of likely N-dealkylation sites (tertiary alicyclic amines) is 3. The average molecular weight is 480 g/mol. The molecule has 1 aromatic carbocycles. The van der Waals surface area contributed by atoms with E-state index in [1.807, 2.05) is 12.1 Å². The Morgan fingerprint density at radius 3 is 2.57 bits per heavy atom. The Balaban J connectivity index is 1.16. The van der Waals surface area contributed by atoms with Gasteiger partial charge in [-0.1, -0.05) is 31.4 Å². The number of benzene rings is 1. The lowest BCUT2D eigenvalue weighted by Gasteiger charge is -2.43. The molecular weight excluding hydrogens is 445 g/mol. The van der Waals surface area contributed by atoms with Gasteiger partial charge in [-0.25, -0.2) is 4.39 Å². The van der Waals surface area contributed by atoms with Crippen LogP contribution in [0.25, 0.3) is 0 Å². The van der Waals surface area contributed by atoms with Crippen molar-refractivity contribution in [1.29, 1.82) is 5.26 Å². The second-order valence-electron chi connectivity index (χ2n) is 11.3. The highest BCUT2D eigenvalue weighted by Gasteiger charge is 2.56. The molecule has 0 radical (unpaired) electrons. The van der Waals surface area contributed by atoms with Gasteiger partial charge in [0.05, 0.1) is 24.2 Å². The highest BCUT2D eigenvalue weighted by atomic mass is 19.1. The van der Waals surface area contributed by atoms with Gasteiger partial charge in [-0.2, -0.15) is 5.26 Å². The zero-order chi connectivity index (χ0) is 24.3. The van der Waals surface area contributed by atoms with Crippen molar-refractivity contribution in [2.24, 2.45) is 17.6 Å². The number of amides is 2. The molecule has 8 heteroatoms. The molecule has 7 nitrogen and oxygen atoms in total. The molecule has 3 saturated heterocycles. The summed E-state index contributed by atoms with van der Waals surface area (Å²) >= 11 is 0. The summed E-state index contributed by atoms with van der Waals surface area (Å²) in [6.45, 7) is 1.05. The molecule has 2 aliphatic carbocycles. The molecule has 2 N–H and O–H groups in total. The van der Waals surface area contributed by atoms with E-state index in [2.05, 4.69) is 15.9 Å². The van der Waals surface area contributed by atoms with E-state index < -0.39 is 6.04 Å². The highest BCUT2D eigenvalue weighted by molar-refractivity contribution is 5.87. The Labute approximate surface area is 206 Å². The molecule has 186 valence electrons. The monoisotopic (exact) mass is 479 g/mol. The SMILES string of the molecule is N#C[C@@H]1C[C@@H]2C[C@@H]2N1C(=O)[C@@H](N)CN1C[C@@H]2C[C@H]1C(=O)N2[C@@H](c1ccc(F)cc1)C1CCCCC1. The third-order valence-corrected chi connectivity index (χ3v) is 9.18. The van der Waals surface area contributed by atoms with Crippen molar-refractivity contribution in [2.75, 3.05) is 13.1 Å². The van der Waals surface area contributed by atoms with Crippen LogP contribution in [0.4, 0.5) is 4.39 Å². The topological polar surface area (TPSA) is 93.7 Å². The second kappa shape index (κ2) is 8.86. The summed E-state index contributed by atoms with van der Waals surface area (Å²) in [6.07, 6.45) is 8.23. The number of carbonyl (C=O) groups is 2. The van der Waals surface area contributed by atoms with Gasteiger partial charge in [0.15, 0.2) is 0 Å². The molecule has 2 saturated carbocycles. The van der Waals surface area contributed by atoms with Crippen molar-refractivity contribution in [3.05, 3.63) is 35.6 Å². The summed E-state index contributed by atoms with van der Waals surface area (Å²) in [5.74, 6) is 0.542. The van der Waals surface area contributed by atoms with E-state index in [1.165, 1.54) is 31.4 Å². The molecule has 2 amide bonds. The Kier molecular flexibility index (Phi) is 5.81. The number of hydrogen-bond donors (Lipinski definition) is 1. The van der Waals surface area contributed by atoms with E-state index in [1.54, 1.807) is 4.90 Å². The van der Waals surface area contributed by atoms with Crippen molar-refractivity contribution < 1.29 is 14.0 Å². The summed E-state index contributed by atoms with van der Waals surface area (Å²) < 4.78 is 13.7. The number of nitrogens with zero attached hydrogens (tertiary/aromatic N) is 4. The smallest absolute Gasteiger partial charge is 0.242 e. The summed E-state index contributed by atoms with van der Waals surface area (Å²) in [7, 11) is 0. The molecule has 3 heterocycles. The van der Waals surface area contributed by atoms with Crippen molar-refractivity contribution in [3.8, 4) is 6.07 Å². The van der Waals surface area contributed by atoms with Gasteiger partial charge in [-0.3, -0.25) is 14.5 Å². The first-order valence-electron chi connectivity index (χ1n) is 13.3. The van der Waals surface area contributed by atoms with E-state index in [0.717, 1.165) is 37.7 Å². The first-order valence-corrected chi connectivity index (χ1v) is 13.3.